The molecule has 0 amide bonds. The van der Waals surface area contributed by atoms with E-state index < -0.39 is 0 Å². The van der Waals surface area contributed by atoms with Crippen molar-refractivity contribution >= 4 is 16.9 Å². The standard InChI is InChI=1S/C23H27N5/c1-27(2)22-24-14-18-10-12-23(21(18)26-22)11-5-13-28(16-23)15-19-9-8-17-6-3-4-7-20(17)25-19/h3-4,6-9,14H,5,10-13,15-16H2,1-2H3. The Labute approximate surface area is 166 Å². The van der Waals surface area contributed by atoms with Gasteiger partial charge in [-0.3, -0.25) is 9.88 Å². The molecule has 2 aliphatic rings. The largest absolute Gasteiger partial charge is 0.347 e. The van der Waals surface area contributed by atoms with Crippen LogP contribution < -0.4 is 4.90 Å². The Bertz CT molecular complexity index is 1010. The summed E-state index contributed by atoms with van der Waals surface area (Å²) in [7, 11) is 4.03. The summed E-state index contributed by atoms with van der Waals surface area (Å²) < 4.78 is 0. The maximum atomic E-state index is 4.98. The molecule has 1 aliphatic carbocycles. The molecule has 0 N–H and O–H groups in total. The number of aryl methyl sites for hydroxylation is 1. The number of hydrogen-bond acceptors (Lipinski definition) is 5. The average molecular weight is 374 g/mol. The van der Waals surface area contributed by atoms with E-state index in [1.807, 2.05) is 19.0 Å². The van der Waals surface area contributed by atoms with Gasteiger partial charge < -0.3 is 4.90 Å². The van der Waals surface area contributed by atoms with Crippen molar-refractivity contribution in [3.63, 3.8) is 0 Å². The molecule has 5 rings (SSSR count). The molecule has 1 spiro atoms. The topological polar surface area (TPSA) is 45.2 Å². The number of piperidine rings is 1. The quantitative estimate of drug-likeness (QED) is 0.702. The maximum Gasteiger partial charge on any atom is 0.225 e. The lowest BCUT2D eigenvalue weighted by molar-refractivity contribution is 0.135. The summed E-state index contributed by atoms with van der Waals surface area (Å²) in [6.45, 7) is 3.11. The van der Waals surface area contributed by atoms with Crippen LogP contribution >= 0.6 is 0 Å². The van der Waals surface area contributed by atoms with Crippen molar-refractivity contribution in [3.8, 4) is 0 Å². The Kier molecular flexibility index (Phi) is 4.27. The molecule has 0 saturated carbocycles. The van der Waals surface area contributed by atoms with Crippen molar-refractivity contribution in [2.24, 2.45) is 0 Å². The number of fused-ring (bicyclic) bond motifs is 3. The van der Waals surface area contributed by atoms with Crippen LogP contribution in [-0.4, -0.2) is 47.0 Å². The Morgan fingerprint density at radius 3 is 2.86 bits per heavy atom. The van der Waals surface area contributed by atoms with Crippen molar-refractivity contribution in [3.05, 3.63) is 59.5 Å². The van der Waals surface area contributed by atoms with Gasteiger partial charge in [0.1, 0.15) is 0 Å². The number of benzene rings is 1. The smallest absolute Gasteiger partial charge is 0.225 e. The second-order valence-corrected chi connectivity index (χ2v) is 8.53. The maximum absolute atomic E-state index is 4.98. The molecule has 5 nitrogen and oxygen atoms in total. The van der Waals surface area contributed by atoms with Gasteiger partial charge in [0.2, 0.25) is 5.95 Å². The molecule has 3 heterocycles. The Morgan fingerprint density at radius 2 is 1.96 bits per heavy atom. The van der Waals surface area contributed by atoms with Gasteiger partial charge in [0, 0.05) is 44.2 Å². The lowest BCUT2D eigenvalue weighted by Crippen LogP contribution is -2.45. The Balaban J connectivity index is 1.40. The number of pyridine rings is 1. The first-order valence-corrected chi connectivity index (χ1v) is 10.2. The second-order valence-electron chi connectivity index (χ2n) is 8.53. The third kappa shape index (κ3) is 3.04. The SMILES string of the molecule is CN(C)c1ncc2c(n1)C1(CCCN(Cc3ccc4ccccc4n3)C1)CC2. The average Bonchev–Trinajstić information content (AvgIpc) is 3.05. The molecule has 1 aliphatic heterocycles. The monoisotopic (exact) mass is 373 g/mol. The van der Waals surface area contributed by atoms with Gasteiger partial charge in [-0.2, -0.15) is 0 Å². The summed E-state index contributed by atoms with van der Waals surface area (Å²) in [6, 6.07) is 12.7. The first kappa shape index (κ1) is 17.6. The number of likely N-dealkylation sites (tertiary alicyclic amines) is 1. The number of anilines is 1. The first-order valence-electron chi connectivity index (χ1n) is 10.2. The molecule has 5 heteroatoms. The molecule has 2 aromatic heterocycles. The minimum absolute atomic E-state index is 0.179. The van der Waals surface area contributed by atoms with E-state index in [2.05, 4.69) is 52.5 Å². The second kappa shape index (κ2) is 6.82. The fourth-order valence-corrected chi connectivity index (χ4v) is 4.93. The molecule has 0 bridgehead atoms. The van der Waals surface area contributed by atoms with Gasteiger partial charge in [-0.1, -0.05) is 24.3 Å². The van der Waals surface area contributed by atoms with Crippen molar-refractivity contribution in [2.45, 2.75) is 37.6 Å². The summed E-state index contributed by atoms with van der Waals surface area (Å²) in [4.78, 5) is 19.0. The molecule has 1 fully saturated rings. The van der Waals surface area contributed by atoms with Crippen molar-refractivity contribution in [2.75, 3.05) is 32.1 Å². The van der Waals surface area contributed by atoms with Crippen molar-refractivity contribution in [1.29, 1.82) is 0 Å². The van der Waals surface area contributed by atoms with Crippen LogP contribution in [0.3, 0.4) is 0 Å². The summed E-state index contributed by atoms with van der Waals surface area (Å²) in [5.74, 6) is 0.827. The highest BCUT2D eigenvalue weighted by molar-refractivity contribution is 5.78. The van der Waals surface area contributed by atoms with Gasteiger partial charge in [0.25, 0.3) is 0 Å². The molecule has 1 saturated heterocycles. The molecule has 28 heavy (non-hydrogen) atoms. The van der Waals surface area contributed by atoms with Crippen LogP contribution in [0.5, 0.6) is 0 Å². The fraction of sp³-hybridized carbons (Fsp3) is 0.435. The molecular formula is C23H27N5. The normalized spacial score (nSPS) is 21.9. The summed E-state index contributed by atoms with van der Waals surface area (Å²) in [5.41, 5.74) is 5.06. The van der Waals surface area contributed by atoms with Gasteiger partial charge in [0.05, 0.1) is 16.9 Å². The zero-order chi connectivity index (χ0) is 19.1. The molecule has 1 aromatic carbocycles. The van der Waals surface area contributed by atoms with Crippen LogP contribution in [0.25, 0.3) is 10.9 Å². The molecule has 1 atom stereocenters. The number of para-hydroxylation sites is 1. The third-order valence-corrected chi connectivity index (χ3v) is 6.32. The van der Waals surface area contributed by atoms with Gasteiger partial charge >= 0.3 is 0 Å². The van der Waals surface area contributed by atoms with Crippen LogP contribution in [0.4, 0.5) is 5.95 Å². The van der Waals surface area contributed by atoms with E-state index in [9.17, 15) is 0 Å². The number of aromatic nitrogens is 3. The fourth-order valence-electron chi connectivity index (χ4n) is 4.93. The van der Waals surface area contributed by atoms with Crippen molar-refractivity contribution in [1.82, 2.24) is 19.9 Å². The summed E-state index contributed by atoms with van der Waals surface area (Å²) in [5, 5.41) is 1.21. The number of hydrogen-bond donors (Lipinski definition) is 0. The summed E-state index contributed by atoms with van der Waals surface area (Å²) in [6.07, 6.45) is 6.79. The van der Waals surface area contributed by atoms with Gasteiger partial charge in [-0.05, 0) is 49.9 Å². The predicted molar refractivity (Wildman–Crippen MR) is 113 cm³/mol. The number of nitrogens with zero attached hydrogens (tertiary/aromatic N) is 5. The highest BCUT2D eigenvalue weighted by Gasteiger charge is 2.43. The van der Waals surface area contributed by atoms with Gasteiger partial charge in [0.15, 0.2) is 0 Å². The van der Waals surface area contributed by atoms with Crippen LogP contribution in [-0.2, 0) is 18.4 Å². The van der Waals surface area contributed by atoms with E-state index in [4.69, 9.17) is 9.97 Å². The highest BCUT2D eigenvalue weighted by atomic mass is 15.2. The molecular weight excluding hydrogens is 346 g/mol. The minimum atomic E-state index is 0.179. The van der Waals surface area contributed by atoms with Crippen LogP contribution in [0, 0.1) is 0 Å². The highest BCUT2D eigenvalue weighted by Crippen LogP contribution is 2.44. The zero-order valence-electron chi connectivity index (χ0n) is 16.7. The van der Waals surface area contributed by atoms with Crippen molar-refractivity contribution < 1.29 is 0 Å². The van der Waals surface area contributed by atoms with E-state index in [1.165, 1.54) is 35.9 Å². The molecule has 3 aromatic rings. The van der Waals surface area contributed by atoms with E-state index in [0.29, 0.717) is 0 Å². The van der Waals surface area contributed by atoms with E-state index in [0.717, 1.165) is 43.2 Å². The minimum Gasteiger partial charge on any atom is -0.347 e. The molecule has 144 valence electrons. The first-order chi connectivity index (χ1) is 13.6. The van der Waals surface area contributed by atoms with Gasteiger partial charge in [-0.15, -0.1) is 0 Å². The van der Waals surface area contributed by atoms with Crippen LogP contribution in [0.15, 0.2) is 42.6 Å². The van der Waals surface area contributed by atoms with Gasteiger partial charge in [-0.25, -0.2) is 9.97 Å². The van der Waals surface area contributed by atoms with E-state index >= 15 is 0 Å². The Morgan fingerprint density at radius 1 is 1.07 bits per heavy atom. The lowest BCUT2D eigenvalue weighted by atomic mass is 9.77. The molecule has 0 radical (unpaired) electrons. The zero-order valence-corrected chi connectivity index (χ0v) is 16.7. The Hall–Kier alpha value is -2.53. The van der Waals surface area contributed by atoms with E-state index in [1.54, 1.807) is 0 Å². The predicted octanol–water partition coefficient (Wildman–Crippen LogP) is 3.57. The summed E-state index contributed by atoms with van der Waals surface area (Å²) >= 11 is 0. The van der Waals surface area contributed by atoms with Crippen LogP contribution in [0.2, 0.25) is 0 Å². The van der Waals surface area contributed by atoms with E-state index in [-0.39, 0.29) is 5.41 Å². The number of rotatable bonds is 3. The van der Waals surface area contributed by atoms with Crippen LogP contribution in [0.1, 0.15) is 36.2 Å². The molecule has 1 unspecified atom stereocenters. The third-order valence-electron chi connectivity index (χ3n) is 6.32. The lowest BCUT2D eigenvalue weighted by Gasteiger charge is -2.40.